The molecule has 1 saturated heterocycles. The van der Waals surface area contributed by atoms with E-state index in [0.717, 1.165) is 30.9 Å². The number of piperidine rings is 1. The third-order valence-electron chi connectivity index (χ3n) is 4.36. The molecule has 2 aromatic rings. The average molecular weight is 340 g/mol. The topological polar surface area (TPSA) is 67.3 Å². The summed E-state index contributed by atoms with van der Waals surface area (Å²) in [5, 5.41) is 3.23. The molecule has 1 N–H and O–H groups in total. The largest absolute Gasteiger partial charge is 0.497 e. The lowest BCUT2D eigenvalue weighted by molar-refractivity contribution is 0.0676. The second kappa shape index (κ2) is 7.51. The molecule has 1 aliphatic heterocycles. The van der Waals surface area contributed by atoms with Crippen molar-refractivity contribution in [1.29, 1.82) is 0 Å². The molecule has 1 amide bonds. The molecule has 0 bridgehead atoms. The molecule has 0 saturated carbocycles. The van der Waals surface area contributed by atoms with Crippen molar-refractivity contribution in [1.82, 2.24) is 14.9 Å². The van der Waals surface area contributed by atoms with Gasteiger partial charge in [0.15, 0.2) is 0 Å². The minimum Gasteiger partial charge on any atom is -0.497 e. The van der Waals surface area contributed by atoms with E-state index in [1.165, 1.54) is 6.42 Å². The van der Waals surface area contributed by atoms with Crippen LogP contribution in [0.3, 0.4) is 0 Å². The van der Waals surface area contributed by atoms with E-state index in [2.05, 4.69) is 22.2 Å². The lowest BCUT2D eigenvalue weighted by atomic mass is 10.00. The molecule has 1 fully saturated rings. The van der Waals surface area contributed by atoms with Gasteiger partial charge in [0.05, 0.1) is 7.11 Å². The zero-order valence-corrected chi connectivity index (χ0v) is 15.0. The molecule has 2 heterocycles. The molecular formula is C19H24N4O2. The fourth-order valence-electron chi connectivity index (χ4n) is 3.10. The van der Waals surface area contributed by atoms with Crippen LogP contribution in [0.15, 0.2) is 30.3 Å². The Kier molecular flexibility index (Phi) is 5.16. The van der Waals surface area contributed by atoms with Gasteiger partial charge in [-0.05, 0) is 49.9 Å². The summed E-state index contributed by atoms with van der Waals surface area (Å²) in [5.74, 6) is 2.50. The minimum atomic E-state index is -0.0187. The number of likely N-dealkylation sites (tertiary alicyclic amines) is 1. The summed E-state index contributed by atoms with van der Waals surface area (Å²) in [6.45, 7) is 5.58. The summed E-state index contributed by atoms with van der Waals surface area (Å²) in [6.07, 6.45) is 2.23. The van der Waals surface area contributed by atoms with Crippen molar-refractivity contribution in [3.63, 3.8) is 0 Å². The zero-order chi connectivity index (χ0) is 17.8. The van der Waals surface area contributed by atoms with Gasteiger partial charge in [-0.25, -0.2) is 9.97 Å². The Hall–Kier alpha value is -2.63. The number of aryl methyl sites for hydroxylation is 1. The number of methoxy groups -OCH3 is 1. The number of aromatic nitrogens is 2. The monoisotopic (exact) mass is 340 g/mol. The Morgan fingerprint density at radius 1 is 1.28 bits per heavy atom. The highest BCUT2D eigenvalue weighted by molar-refractivity contribution is 5.93. The van der Waals surface area contributed by atoms with Crippen LogP contribution in [0.2, 0.25) is 0 Å². The van der Waals surface area contributed by atoms with Gasteiger partial charge in [-0.3, -0.25) is 4.79 Å². The Bertz CT molecular complexity index is 746. The quantitative estimate of drug-likeness (QED) is 0.924. The van der Waals surface area contributed by atoms with Crippen molar-refractivity contribution < 1.29 is 9.53 Å². The number of hydrogen-bond donors (Lipinski definition) is 1. The Morgan fingerprint density at radius 2 is 2.04 bits per heavy atom. The molecule has 25 heavy (non-hydrogen) atoms. The van der Waals surface area contributed by atoms with E-state index in [0.29, 0.717) is 23.3 Å². The third-order valence-corrected chi connectivity index (χ3v) is 4.36. The normalized spacial score (nSPS) is 17.2. The first-order chi connectivity index (χ1) is 12.0. The van der Waals surface area contributed by atoms with Gasteiger partial charge >= 0.3 is 0 Å². The van der Waals surface area contributed by atoms with Gasteiger partial charge in [0.25, 0.3) is 5.91 Å². The third kappa shape index (κ3) is 4.26. The van der Waals surface area contributed by atoms with E-state index in [4.69, 9.17) is 4.74 Å². The molecule has 1 atom stereocenters. The molecule has 1 aromatic heterocycles. The fourth-order valence-corrected chi connectivity index (χ4v) is 3.10. The van der Waals surface area contributed by atoms with Crippen LogP contribution in [0, 0.1) is 12.8 Å². The van der Waals surface area contributed by atoms with E-state index in [-0.39, 0.29) is 5.91 Å². The van der Waals surface area contributed by atoms with Crippen molar-refractivity contribution in [3.05, 3.63) is 41.9 Å². The Balaban J connectivity index is 1.78. The summed E-state index contributed by atoms with van der Waals surface area (Å²) < 4.78 is 5.16. The molecule has 0 spiro atoms. The molecule has 3 rings (SSSR count). The van der Waals surface area contributed by atoms with Gasteiger partial charge in [-0.2, -0.15) is 0 Å². The Morgan fingerprint density at radius 3 is 2.72 bits per heavy atom. The minimum absolute atomic E-state index is 0.0187. The van der Waals surface area contributed by atoms with E-state index in [1.54, 1.807) is 20.1 Å². The number of hydrogen-bond acceptors (Lipinski definition) is 5. The number of carbonyl (C=O) groups excluding carboxylic acids is 1. The highest BCUT2D eigenvalue weighted by atomic mass is 16.5. The lowest BCUT2D eigenvalue weighted by Crippen LogP contribution is -2.39. The van der Waals surface area contributed by atoms with Crippen LogP contribution < -0.4 is 10.1 Å². The summed E-state index contributed by atoms with van der Waals surface area (Å²) in [5.41, 5.74) is 1.32. The predicted molar refractivity (Wildman–Crippen MR) is 97.3 cm³/mol. The number of carbonyl (C=O) groups is 1. The van der Waals surface area contributed by atoms with Crippen LogP contribution in [0.25, 0.3) is 0 Å². The van der Waals surface area contributed by atoms with Crippen molar-refractivity contribution in [2.75, 3.05) is 25.5 Å². The average Bonchev–Trinajstić information content (AvgIpc) is 2.61. The van der Waals surface area contributed by atoms with E-state index < -0.39 is 0 Å². The zero-order valence-electron chi connectivity index (χ0n) is 15.0. The summed E-state index contributed by atoms with van der Waals surface area (Å²) in [6, 6.07) is 9.28. The fraction of sp³-hybridized carbons (Fsp3) is 0.421. The maximum atomic E-state index is 12.8. The maximum Gasteiger partial charge on any atom is 0.272 e. The van der Waals surface area contributed by atoms with Crippen LogP contribution in [0.5, 0.6) is 5.75 Å². The van der Waals surface area contributed by atoms with Crippen LogP contribution in [-0.2, 0) is 0 Å². The standard InChI is InChI=1S/C19H24N4O2/c1-13-5-4-10-23(12-13)19(24)17-11-18(21-14(2)20-17)22-15-6-8-16(25-3)9-7-15/h6-9,11,13H,4-5,10,12H2,1-3H3,(H,20,21,22). The summed E-state index contributed by atoms with van der Waals surface area (Å²) in [4.78, 5) is 23.4. The highest BCUT2D eigenvalue weighted by Crippen LogP contribution is 2.21. The van der Waals surface area contributed by atoms with Gasteiger partial charge in [0.1, 0.15) is 23.1 Å². The van der Waals surface area contributed by atoms with E-state index in [1.807, 2.05) is 29.2 Å². The molecule has 0 aliphatic carbocycles. The van der Waals surface area contributed by atoms with E-state index in [9.17, 15) is 4.79 Å². The van der Waals surface area contributed by atoms with Gasteiger partial charge in [-0.1, -0.05) is 6.92 Å². The second-order valence-corrected chi connectivity index (χ2v) is 6.54. The Labute approximate surface area is 148 Å². The first kappa shape index (κ1) is 17.2. The maximum absolute atomic E-state index is 12.8. The molecular weight excluding hydrogens is 316 g/mol. The lowest BCUT2D eigenvalue weighted by Gasteiger charge is -2.30. The molecule has 132 valence electrons. The molecule has 0 radical (unpaired) electrons. The van der Waals surface area contributed by atoms with Gasteiger partial charge in [0, 0.05) is 24.8 Å². The van der Waals surface area contributed by atoms with E-state index >= 15 is 0 Å². The molecule has 1 unspecified atom stereocenters. The predicted octanol–water partition coefficient (Wildman–Crippen LogP) is 3.41. The smallest absolute Gasteiger partial charge is 0.272 e. The first-order valence-corrected chi connectivity index (χ1v) is 8.61. The van der Waals surface area contributed by atoms with Crippen LogP contribution >= 0.6 is 0 Å². The summed E-state index contributed by atoms with van der Waals surface area (Å²) >= 11 is 0. The second-order valence-electron chi connectivity index (χ2n) is 6.54. The number of nitrogens with one attached hydrogen (secondary N) is 1. The summed E-state index contributed by atoms with van der Waals surface area (Å²) in [7, 11) is 1.63. The number of nitrogens with zero attached hydrogens (tertiary/aromatic N) is 3. The number of anilines is 2. The van der Waals surface area contributed by atoms with Crippen LogP contribution in [-0.4, -0.2) is 41.0 Å². The molecule has 6 heteroatoms. The SMILES string of the molecule is COc1ccc(Nc2cc(C(=O)N3CCCC(C)C3)nc(C)n2)cc1. The van der Waals surface area contributed by atoms with Crippen molar-refractivity contribution in [3.8, 4) is 5.75 Å². The van der Waals surface area contributed by atoms with Gasteiger partial charge < -0.3 is 15.0 Å². The number of amides is 1. The van der Waals surface area contributed by atoms with Crippen LogP contribution in [0.4, 0.5) is 11.5 Å². The first-order valence-electron chi connectivity index (χ1n) is 8.61. The molecule has 6 nitrogen and oxygen atoms in total. The van der Waals surface area contributed by atoms with Crippen molar-refractivity contribution in [2.24, 2.45) is 5.92 Å². The van der Waals surface area contributed by atoms with Crippen LogP contribution in [0.1, 0.15) is 36.1 Å². The van der Waals surface area contributed by atoms with Crippen molar-refractivity contribution >= 4 is 17.4 Å². The van der Waals surface area contributed by atoms with Crippen molar-refractivity contribution in [2.45, 2.75) is 26.7 Å². The van der Waals surface area contributed by atoms with Gasteiger partial charge in [0.2, 0.25) is 0 Å². The number of rotatable bonds is 4. The van der Waals surface area contributed by atoms with Gasteiger partial charge in [-0.15, -0.1) is 0 Å². The number of benzene rings is 1. The highest BCUT2D eigenvalue weighted by Gasteiger charge is 2.23. The number of ether oxygens (including phenoxy) is 1. The molecule has 1 aliphatic rings. The molecule has 1 aromatic carbocycles.